The summed E-state index contributed by atoms with van der Waals surface area (Å²) >= 11 is 15.4. The van der Waals surface area contributed by atoms with Crippen LogP contribution in [0.4, 0.5) is 0 Å². The lowest BCUT2D eigenvalue weighted by Crippen LogP contribution is -2.52. The van der Waals surface area contributed by atoms with Crippen LogP contribution in [0.15, 0.2) is 59.1 Å². The summed E-state index contributed by atoms with van der Waals surface area (Å²) in [5, 5.41) is 2.18. The van der Waals surface area contributed by atoms with Gasteiger partial charge in [-0.15, -0.1) is 0 Å². The molecule has 1 heterocycles. The van der Waals surface area contributed by atoms with Gasteiger partial charge in [0.05, 0.1) is 21.9 Å². The minimum Gasteiger partial charge on any atom is -0.292 e. The highest BCUT2D eigenvalue weighted by molar-refractivity contribution is 9.10. The second-order valence-electron chi connectivity index (χ2n) is 8.07. The minimum atomic E-state index is -0.694. The van der Waals surface area contributed by atoms with Crippen LogP contribution in [0, 0.1) is 17.8 Å². The second-order valence-corrected chi connectivity index (χ2v) is 9.80. The van der Waals surface area contributed by atoms with Gasteiger partial charge < -0.3 is 0 Å². The largest absolute Gasteiger partial charge is 0.292 e. The number of hydrogen-bond acceptors (Lipinski definition) is 4. The van der Waals surface area contributed by atoms with E-state index in [0.29, 0.717) is 12.0 Å². The van der Waals surface area contributed by atoms with Crippen LogP contribution < -0.4 is 0 Å². The van der Waals surface area contributed by atoms with Gasteiger partial charge in [-0.3, -0.25) is 19.2 Å². The highest BCUT2D eigenvalue weighted by atomic mass is 79.9. The van der Waals surface area contributed by atoms with Crippen molar-refractivity contribution in [3.63, 3.8) is 0 Å². The lowest BCUT2D eigenvalue weighted by molar-refractivity contribution is -0.154. The summed E-state index contributed by atoms with van der Waals surface area (Å²) in [6.45, 7) is 1.37. The molecule has 33 heavy (non-hydrogen) atoms. The predicted molar refractivity (Wildman–Crippen MR) is 128 cm³/mol. The summed E-state index contributed by atoms with van der Waals surface area (Å²) in [6.07, 6.45) is 4.18. The number of allylic oxidation sites excluding steroid dienone is 2. The molecule has 0 N–H and O–H groups in total. The number of ketones is 1. The first-order valence-electron chi connectivity index (χ1n) is 10.3. The highest BCUT2D eigenvalue weighted by Gasteiger charge is 2.53. The van der Waals surface area contributed by atoms with Gasteiger partial charge in [0.25, 0.3) is 17.7 Å². The maximum Gasteiger partial charge on any atom is 0.273 e. The summed E-state index contributed by atoms with van der Waals surface area (Å²) in [6, 6.07) is 10.9. The molecule has 0 aromatic heterocycles. The molecule has 3 amide bonds. The van der Waals surface area contributed by atoms with Crippen molar-refractivity contribution in [2.75, 3.05) is 6.54 Å². The van der Waals surface area contributed by atoms with Crippen LogP contribution in [0.2, 0.25) is 10.0 Å². The molecule has 0 radical (unpaired) electrons. The fourth-order valence-corrected chi connectivity index (χ4v) is 4.81. The summed E-state index contributed by atoms with van der Waals surface area (Å²) in [5.41, 5.74) is 0.450. The number of Topliss-reactive ketones (excluding diaryl/α,β-unsaturated/α-hetero) is 1. The van der Waals surface area contributed by atoms with Crippen molar-refractivity contribution in [1.82, 2.24) is 10.0 Å². The van der Waals surface area contributed by atoms with Crippen molar-refractivity contribution in [3.05, 3.63) is 80.3 Å². The van der Waals surface area contributed by atoms with Gasteiger partial charge >= 0.3 is 0 Å². The van der Waals surface area contributed by atoms with Crippen molar-refractivity contribution in [1.29, 1.82) is 0 Å². The normalized spacial score (nSPS) is 21.8. The van der Waals surface area contributed by atoms with Gasteiger partial charge in [-0.25, -0.2) is 5.01 Å². The number of rotatable bonds is 5. The number of benzene rings is 2. The molecule has 2 aromatic carbocycles. The van der Waals surface area contributed by atoms with Crippen molar-refractivity contribution < 1.29 is 19.2 Å². The summed E-state index contributed by atoms with van der Waals surface area (Å²) in [4.78, 5) is 53.2. The SMILES string of the molecule is CC1C=CCC2C(=O)N(N(CC(=O)c3ccc(Br)cc3)C(=O)c3ccc(Cl)c(Cl)c3)C(=O)C12. The Balaban J connectivity index is 1.72. The molecular weight excluding hydrogens is 531 g/mol. The van der Waals surface area contributed by atoms with E-state index in [0.717, 1.165) is 14.5 Å². The molecule has 1 fully saturated rings. The van der Waals surface area contributed by atoms with Crippen LogP contribution in [0.3, 0.4) is 0 Å². The van der Waals surface area contributed by atoms with Crippen LogP contribution in [0.25, 0.3) is 0 Å². The van der Waals surface area contributed by atoms with E-state index in [2.05, 4.69) is 15.9 Å². The van der Waals surface area contributed by atoms with Gasteiger partial charge in [-0.05, 0) is 42.7 Å². The van der Waals surface area contributed by atoms with Gasteiger partial charge in [-0.2, -0.15) is 5.01 Å². The fraction of sp³-hybridized carbons (Fsp3) is 0.250. The third kappa shape index (κ3) is 4.50. The molecule has 9 heteroatoms. The molecular formula is C24H19BrCl2N2O4. The van der Waals surface area contributed by atoms with E-state index >= 15 is 0 Å². The number of imide groups is 1. The van der Waals surface area contributed by atoms with Gasteiger partial charge in [0.15, 0.2) is 5.78 Å². The molecule has 3 unspecified atom stereocenters. The predicted octanol–water partition coefficient (Wildman–Crippen LogP) is 5.19. The number of hydrazine groups is 1. The Morgan fingerprint density at radius 3 is 2.33 bits per heavy atom. The molecule has 1 saturated heterocycles. The Morgan fingerprint density at radius 2 is 1.70 bits per heavy atom. The summed E-state index contributed by atoms with van der Waals surface area (Å²) < 4.78 is 0.790. The van der Waals surface area contributed by atoms with Gasteiger partial charge in [0, 0.05) is 15.6 Å². The number of fused-ring (bicyclic) bond motifs is 1. The smallest absolute Gasteiger partial charge is 0.273 e. The maximum absolute atomic E-state index is 13.5. The molecule has 3 atom stereocenters. The van der Waals surface area contributed by atoms with Gasteiger partial charge in [-0.1, -0.05) is 70.3 Å². The molecule has 1 aliphatic heterocycles. The molecule has 170 valence electrons. The average Bonchev–Trinajstić information content (AvgIpc) is 3.05. The molecule has 6 nitrogen and oxygen atoms in total. The highest BCUT2D eigenvalue weighted by Crippen LogP contribution is 2.39. The molecule has 1 aliphatic carbocycles. The van der Waals surface area contributed by atoms with E-state index in [-0.39, 0.29) is 21.5 Å². The molecule has 2 aromatic rings. The fourth-order valence-electron chi connectivity index (χ4n) is 4.24. The second kappa shape index (κ2) is 9.41. The van der Waals surface area contributed by atoms with E-state index in [1.165, 1.54) is 18.2 Å². The molecule has 0 spiro atoms. The molecule has 2 aliphatic rings. The Kier molecular flexibility index (Phi) is 6.75. The van der Waals surface area contributed by atoms with Gasteiger partial charge in [0.2, 0.25) is 0 Å². The lowest BCUT2D eigenvalue weighted by Gasteiger charge is -2.30. The number of carbonyl (C=O) groups excluding carboxylic acids is 4. The van der Waals surface area contributed by atoms with Crippen LogP contribution in [-0.4, -0.2) is 40.1 Å². The quantitative estimate of drug-likeness (QED) is 0.292. The van der Waals surface area contributed by atoms with Crippen molar-refractivity contribution >= 4 is 62.6 Å². The zero-order valence-corrected chi connectivity index (χ0v) is 20.6. The molecule has 0 saturated carbocycles. The number of amides is 3. The van der Waals surface area contributed by atoms with E-state index in [1.807, 2.05) is 19.1 Å². The number of halogens is 3. The minimum absolute atomic E-state index is 0.106. The number of nitrogens with zero attached hydrogens (tertiary/aromatic N) is 2. The topological polar surface area (TPSA) is 74.8 Å². The summed E-state index contributed by atoms with van der Waals surface area (Å²) in [7, 11) is 0. The van der Waals surface area contributed by atoms with E-state index in [4.69, 9.17) is 23.2 Å². The Morgan fingerprint density at radius 1 is 1.03 bits per heavy atom. The molecule has 0 bridgehead atoms. The first-order valence-corrected chi connectivity index (χ1v) is 11.8. The first kappa shape index (κ1) is 23.7. The Labute approximate surface area is 209 Å². The maximum atomic E-state index is 13.5. The third-order valence-electron chi connectivity index (χ3n) is 5.95. The summed E-state index contributed by atoms with van der Waals surface area (Å²) in [5.74, 6) is -3.39. The number of hydrogen-bond donors (Lipinski definition) is 0. The monoisotopic (exact) mass is 548 g/mol. The Bertz CT molecular complexity index is 1180. The molecule has 4 rings (SSSR count). The van der Waals surface area contributed by atoms with Crippen LogP contribution in [0.5, 0.6) is 0 Å². The zero-order valence-electron chi connectivity index (χ0n) is 17.5. The van der Waals surface area contributed by atoms with E-state index in [9.17, 15) is 19.2 Å². The van der Waals surface area contributed by atoms with Crippen molar-refractivity contribution in [2.24, 2.45) is 17.8 Å². The number of carbonyl (C=O) groups is 4. The third-order valence-corrected chi connectivity index (χ3v) is 7.22. The average molecular weight is 550 g/mol. The standard InChI is InChI=1S/C24H19BrCl2N2O4/c1-13-3-2-4-17-21(13)24(33)29(23(17)32)28(12-20(30)14-5-8-16(25)9-6-14)22(31)15-7-10-18(26)19(27)11-15/h2-3,5-11,13,17,21H,4,12H2,1H3. The van der Waals surface area contributed by atoms with Crippen LogP contribution in [-0.2, 0) is 9.59 Å². The lowest BCUT2D eigenvalue weighted by atomic mass is 9.78. The van der Waals surface area contributed by atoms with Crippen LogP contribution in [0.1, 0.15) is 34.1 Å². The van der Waals surface area contributed by atoms with Crippen LogP contribution >= 0.6 is 39.1 Å². The first-order chi connectivity index (χ1) is 15.7. The van der Waals surface area contributed by atoms with Gasteiger partial charge in [0.1, 0.15) is 6.54 Å². The van der Waals surface area contributed by atoms with E-state index in [1.54, 1.807) is 24.3 Å². The Hall–Kier alpha value is -2.48. The van der Waals surface area contributed by atoms with Crippen molar-refractivity contribution in [3.8, 4) is 0 Å². The van der Waals surface area contributed by atoms with E-state index < -0.39 is 41.9 Å². The zero-order chi connectivity index (χ0) is 23.9. The van der Waals surface area contributed by atoms with Crippen molar-refractivity contribution in [2.45, 2.75) is 13.3 Å².